The van der Waals surface area contributed by atoms with E-state index >= 15 is 0 Å². The van der Waals surface area contributed by atoms with E-state index in [-0.39, 0.29) is 162 Å². The maximum absolute atomic E-state index is 12.9. The maximum atomic E-state index is 12.9. The third-order valence-electron chi connectivity index (χ3n) is 17.7. The minimum atomic E-state index is -1.15. The van der Waals surface area contributed by atoms with Gasteiger partial charge in [0.25, 0.3) is 45.8 Å². The molecule has 138 heavy (non-hydrogen) atoms. The number of nitrogens with one attached hydrogen (secondary N) is 3. The number of amides is 3. The molecule has 3 unspecified atom stereocenters. The van der Waals surface area contributed by atoms with Crippen molar-refractivity contribution in [2.45, 2.75) is 224 Å². The van der Waals surface area contributed by atoms with E-state index in [1.807, 2.05) is 0 Å². The van der Waals surface area contributed by atoms with Gasteiger partial charge in [-0.15, -0.1) is 91.0 Å². The van der Waals surface area contributed by atoms with Crippen molar-refractivity contribution in [1.29, 1.82) is 0 Å². The summed E-state index contributed by atoms with van der Waals surface area (Å²) >= 11 is 0. The molecule has 0 saturated carbocycles. The molecule has 3 aromatic rings. The highest BCUT2D eigenvalue weighted by Gasteiger charge is 2.28. The molecule has 774 valence electrons. The smallest absolute Gasteiger partial charge is 0.464 e. The molecule has 3 atom stereocenters. The number of hydrogen-bond donors (Lipinski definition) is 3. The molecule has 3 rings (SSSR count). The molecule has 0 fully saturated rings. The first-order chi connectivity index (χ1) is 66.2. The molecule has 3 aromatic carbocycles. The van der Waals surface area contributed by atoms with Crippen LogP contribution in [0.3, 0.4) is 0 Å². The van der Waals surface area contributed by atoms with Crippen molar-refractivity contribution in [3.05, 3.63) is 181 Å². The van der Waals surface area contributed by atoms with Gasteiger partial charge in [0.1, 0.15) is 35.4 Å². The van der Waals surface area contributed by atoms with Crippen molar-refractivity contribution in [3.63, 3.8) is 0 Å². The highest BCUT2D eigenvalue weighted by atomic mass is 17.0. The Kier molecular flexibility index (Phi) is 69.2. The number of carbonyl (C=O) groups excluding carboxylic acids is 9. The normalized spacial score (nSPS) is 11.0. The van der Waals surface area contributed by atoms with Gasteiger partial charge in [-0.3, -0.25) is 4.79 Å². The first-order valence-electron chi connectivity index (χ1n) is 43.6. The number of benzene rings is 3. The molecule has 0 aliphatic rings. The van der Waals surface area contributed by atoms with E-state index in [4.69, 9.17) is 52.1 Å². The lowest BCUT2D eigenvalue weighted by molar-refractivity contribution is -0.757. The molecule has 59 nitrogen and oxygen atoms in total. The number of esters is 3. The third kappa shape index (κ3) is 74.2. The van der Waals surface area contributed by atoms with Crippen molar-refractivity contribution >= 4 is 54.5 Å². The molecule has 3 amide bonds. The quantitative estimate of drug-likeness (QED) is 0.0118. The second-order valence-corrected chi connectivity index (χ2v) is 28.6. The Morgan fingerprint density at radius 2 is 0.391 bits per heavy atom. The van der Waals surface area contributed by atoms with Gasteiger partial charge in [0.2, 0.25) is 5.91 Å². The van der Waals surface area contributed by atoms with Crippen LogP contribution in [0.2, 0.25) is 0 Å². The van der Waals surface area contributed by atoms with Crippen molar-refractivity contribution in [3.8, 4) is 17.2 Å². The summed E-state index contributed by atoms with van der Waals surface area (Å²) in [4.78, 5) is 241. The zero-order valence-electron chi connectivity index (χ0n) is 75.5. The zero-order chi connectivity index (χ0) is 102. The van der Waals surface area contributed by atoms with Crippen LogP contribution < -0.4 is 30.2 Å². The van der Waals surface area contributed by atoms with Gasteiger partial charge in [0.15, 0.2) is 0 Å². The number of rotatable bonds is 79. The van der Waals surface area contributed by atoms with Crippen LogP contribution in [0.1, 0.15) is 203 Å². The molecule has 0 saturated heterocycles. The van der Waals surface area contributed by atoms with Crippen LogP contribution in [0.5, 0.6) is 17.2 Å². The van der Waals surface area contributed by atoms with Crippen LogP contribution in [-0.4, -0.2) is 231 Å². The molecule has 3 N–H and O–H groups in total. The fourth-order valence-corrected chi connectivity index (χ4v) is 11.0. The average molecular weight is 1990 g/mol. The Hall–Kier alpha value is -15.3. The predicted octanol–water partition coefficient (Wildman–Crippen LogP) is 10.7. The maximum Gasteiger partial charge on any atom is 0.513 e. The molecule has 0 aliphatic carbocycles. The van der Waals surface area contributed by atoms with E-state index in [9.17, 15) is 134 Å². The summed E-state index contributed by atoms with van der Waals surface area (Å²) in [5, 5.41) is 91.0. The lowest BCUT2D eigenvalue weighted by Gasteiger charge is -2.18. The zero-order valence-corrected chi connectivity index (χ0v) is 75.5. The first kappa shape index (κ1) is 121. The topological polar surface area (TPSA) is 763 Å². The number of alkyl carbamates (subject to hydrolysis) is 2. The summed E-state index contributed by atoms with van der Waals surface area (Å²) in [6.07, 6.45) is 8.91. The lowest BCUT2D eigenvalue weighted by atomic mass is 10.1. The van der Waals surface area contributed by atoms with Crippen molar-refractivity contribution in [1.82, 2.24) is 16.0 Å². The van der Waals surface area contributed by atoms with E-state index in [0.717, 1.165) is 0 Å². The Morgan fingerprint density at radius 1 is 0.217 bits per heavy atom. The van der Waals surface area contributed by atoms with Gasteiger partial charge in [-0.05, 0) is 207 Å². The fraction of sp³-hybridized carbons (Fsp3) is 0.658. The van der Waals surface area contributed by atoms with Gasteiger partial charge >= 0.3 is 48.6 Å². The van der Waals surface area contributed by atoms with E-state index in [1.165, 1.54) is 36.4 Å². The van der Waals surface area contributed by atoms with E-state index in [0.29, 0.717) is 190 Å². The van der Waals surface area contributed by atoms with E-state index < -0.39 is 118 Å². The molecular weight excluding hydrogens is 1870 g/mol. The molecule has 0 aromatic heterocycles. The van der Waals surface area contributed by atoms with Crippen LogP contribution in [0.25, 0.3) is 0 Å². The molecule has 0 radical (unpaired) electrons. The van der Waals surface area contributed by atoms with Gasteiger partial charge in [0.05, 0.1) is 112 Å². The number of nitrogens with zero attached hydrogens (tertiary/aromatic N) is 9. The molecule has 0 spiro atoms. The van der Waals surface area contributed by atoms with E-state index in [1.54, 1.807) is 36.4 Å². The highest BCUT2D eigenvalue weighted by molar-refractivity contribution is 5.85. The van der Waals surface area contributed by atoms with Gasteiger partial charge in [-0.1, -0.05) is 62.1 Å². The second kappa shape index (κ2) is 79.1. The average Bonchev–Trinajstić information content (AvgIpc) is 0.881. The fourth-order valence-electron chi connectivity index (χ4n) is 11.0. The van der Waals surface area contributed by atoms with Crippen molar-refractivity contribution < 1.29 is 185 Å². The molecule has 59 heteroatoms. The standard InChI is InChI=1S/C29H44N4O16.C26H38N4O16.C24H34N4O15/c34-27(43-17-7-1-4-10-20-46-31(37)38)26(30-28(35)44-18-8-2-5-11-21-47-32(39)40)23-24-13-15-25(16-14-24)49-29(36)45-19-9-3-6-12-22-48-33(41)42;31-24(40-14-4-1-7-17-43-28(34)35)23(27-25(32)41-15-5-2-8-18-44-29(36)37)20-21-10-12-22(13-11-21)46-26(33)42-16-6-3-9-19-45-30(38)39;29-22(8-2-1-3-15-40-26(32)33)25-21(23(30)38-13-4-6-16-41-27(34)35)18-19-9-11-20(12-10-19)43-24(31)39-14-5-7-17-42-28(36)37/h13-16,26H,1-12,17-23H2,(H,30,35);10-13,23H,1-9,14-20H2,(H,27,32);9-12,21H,1-8,13-18H2,(H,25,29). The Morgan fingerprint density at radius 3 is 0.616 bits per heavy atom. The van der Waals surface area contributed by atoms with Gasteiger partial charge in [0, 0.05) is 25.7 Å². The van der Waals surface area contributed by atoms with Crippen LogP contribution in [0.15, 0.2) is 72.8 Å². The third-order valence-corrected chi connectivity index (χ3v) is 17.7. The van der Waals surface area contributed by atoms with Crippen LogP contribution >= 0.6 is 0 Å². The number of hydrogen-bond acceptors (Lipinski definition) is 47. The highest BCUT2D eigenvalue weighted by Crippen LogP contribution is 2.21. The van der Waals surface area contributed by atoms with E-state index in [2.05, 4.69) is 59.5 Å². The summed E-state index contributed by atoms with van der Waals surface area (Å²) in [5.74, 6) is -2.13. The Bertz CT molecular complexity index is 4070. The number of ether oxygens (including phenoxy) is 11. The molecular formula is C79H116N12O47. The van der Waals surface area contributed by atoms with Crippen molar-refractivity contribution in [2.75, 3.05) is 112 Å². The van der Waals surface area contributed by atoms with Crippen molar-refractivity contribution in [2.24, 2.45) is 0 Å². The summed E-state index contributed by atoms with van der Waals surface area (Å²) in [7, 11) is 0. The van der Waals surface area contributed by atoms with Crippen LogP contribution in [0, 0.1) is 91.0 Å². The molecule has 0 aliphatic heterocycles. The Balaban J connectivity index is 0.00000104. The lowest BCUT2D eigenvalue weighted by Crippen LogP contribution is -2.43. The summed E-state index contributed by atoms with van der Waals surface area (Å²) in [5.41, 5.74) is 1.76. The van der Waals surface area contributed by atoms with Gasteiger partial charge in [-0.2, -0.15) is 0 Å². The number of unbranched alkanes of at least 4 members (excludes halogenated alkanes) is 19. The van der Waals surface area contributed by atoms with Crippen LogP contribution in [0.4, 0.5) is 24.0 Å². The minimum Gasteiger partial charge on any atom is -0.464 e. The Labute approximate surface area is 786 Å². The van der Waals surface area contributed by atoms with Gasteiger partial charge in [-0.25, -0.2) is 38.4 Å². The second-order valence-electron chi connectivity index (χ2n) is 28.6. The minimum absolute atomic E-state index is 0.00169. The molecule has 0 bridgehead atoms. The summed E-state index contributed by atoms with van der Waals surface area (Å²) in [6.45, 7) is -0.413. The predicted molar refractivity (Wildman–Crippen MR) is 458 cm³/mol. The van der Waals surface area contributed by atoms with Gasteiger partial charge < -0.3 is 112 Å². The van der Waals surface area contributed by atoms with Crippen LogP contribution in [-0.2, 0) is 120 Å². The monoisotopic (exact) mass is 1980 g/mol. The summed E-state index contributed by atoms with van der Waals surface area (Å²) in [6, 6.07) is 14.9. The SMILES string of the molecule is O=C(CCCCCO[N+](=O)[O-])NC(Cc1ccc(OC(=O)OCCCCO[N+](=O)[O-])cc1)C(=O)OCCCCO[N+](=O)[O-].O=C(NC(Cc1ccc(OC(=O)OCCCCCCO[N+](=O)[O-])cc1)C(=O)OCCCCCCO[N+](=O)[O-])OCCCCCCO[N+](=O)[O-].O=C(NC(Cc1ccc(OC(=O)OCCCCCO[N+](=O)[O-])cc1)C(=O)OCCCCCO[N+](=O)[O-])OCCCCCO[N+](=O)[O-]. The number of carbonyl (C=O) groups is 9. The summed E-state index contributed by atoms with van der Waals surface area (Å²) < 4.78 is 56.3. The molecule has 0 heterocycles. The first-order valence-corrected chi connectivity index (χ1v) is 43.6. The largest absolute Gasteiger partial charge is 0.513 e.